The highest BCUT2D eigenvalue weighted by Crippen LogP contribution is 2.14. The maximum Gasteiger partial charge on any atom is 0.278 e. The van der Waals surface area contributed by atoms with Gasteiger partial charge in [0.1, 0.15) is 5.75 Å². The second-order valence-electron chi connectivity index (χ2n) is 4.04. The Morgan fingerprint density at radius 3 is 2.73 bits per heavy atom. The van der Waals surface area contributed by atoms with Gasteiger partial charge in [0.05, 0.1) is 17.4 Å². The number of aromatic hydroxyl groups is 1. The van der Waals surface area contributed by atoms with E-state index in [4.69, 9.17) is 4.84 Å². The zero-order valence-corrected chi connectivity index (χ0v) is 8.94. The Labute approximate surface area is 88.0 Å². The molecule has 1 rings (SSSR count). The fourth-order valence-corrected chi connectivity index (χ4v) is 0.833. The average Bonchev–Trinajstić information content (AvgIpc) is 2.14. The summed E-state index contributed by atoms with van der Waals surface area (Å²) in [6.45, 7) is 5.42. The van der Waals surface area contributed by atoms with Crippen molar-refractivity contribution in [2.75, 3.05) is 0 Å². The molecule has 1 heterocycles. The van der Waals surface area contributed by atoms with Crippen LogP contribution in [0.15, 0.2) is 18.5 Å². The van der Waals surface area contributed by atoms with Gasteiger partial charge in [-0.3, -0.25) is 14.6 Å². The van der Waals surface area contributed by atoms with Gasteiger partial charge in [-0.05, 0) is 26.8 Å². The maximum atomic E-state index is 11.5. The van der Waals surface area contributed by atoms with Crippen molar-refractivity contribution in [2.45, 2.75) is 26.4 Å². The van der Waals surface area contributed by atoms with Crippen LogP contribution in [0.3, 0.4) is 0 Å². The van der Waals surface area contributed by atoms with E-state index in [2.05, 4.69) is 10.5 Å². The van der Waals surface area contributed by atoms with Crippen LogP contribution in [0.5, 0.6) is 5.75 Å². The molecule has 1 aromatic rings. The lowest BCUT2D eigenvalue weighted by molar-refractivity contribution is -0.0590. The number of nitrogens with zero attached hydrogens (tertiary/aromatic N) is 1. The monoisotopic (exact) mass is 210 g/mol. The summed E-state index contributed by atoms with van der Waals surface area (Å²) in [7, 11) is 0. The molecule has 0 spiro atoms. The maximum absolute atomic E-state index is 11.5. The third-order valence-corrected chi connectivity index (χ3v) is 1.49. The minimum absolute atomic E-state index is 0.134. The molecule has 82 valence electrons. The van der Waals surface area contributed by atoms with Crippen LogP contribution in [-0.2, 0) is 4.84 Å². The second kappa shape index (κ2) is 4.27. The Kier molecular flexibility index (Phi) is 3.26. The molecule has 0 aliphatic rings. The second-order valence-corrected chi connectivity index (χ2v) is 4.04. The van der Waals surface area contributed by atoms with E-state index in [0.29, 0.717) is 0 Å². The zero-order chi connectivity index (χ0) is 11.5. The van der Waals surface area contributed by atoms with E-state index >= 15 is 0 Å². The molecule has 0 unspecified atom stereocenters. The Balaban J connectivity index is 2.66. The van der Waals surface area contributed by atoms with Crippen molar-refractivity contribution in [3.63, 3.8) is 0 Å². The van der Waals surface area contributed by atoms with Crippen molar-refractivity contribution in [3.05, 3.63) is 24.0 Å². The van der Waals surface area contributed by atoms with Crippen LogP contribution in [0.1, 0.15) is 31.1 Å². The van der Waals surface area contributed by atoms with Gasteiger partial charge in [0.15, 0.2) is 0 Å². The Hall–Kier alpha value is -1.62. The standard InChI is InChI=1S/C10H14N2O3/c1-10(2,3)15-12-9(14)7-4-5-11-6-8(7)13/h4-6,13H,1-3H3,(H,12,14). The highest BCUT2D eigenvalue weighted by atomic mass is 16.7. The number of aromatic nitrogens is 1. The fraction of sp³-hybridized carbons (Fsp3) is 0.400. The SMILES string of the molecule is CC(C)(C)ONC(=O)c1ccncc1O. The molecule has 0 saturated heterocycles. The highest BCUT2D eigenvalue weighted by Gasteiger charge is 2.15. The fourth-order valence-electron chi connectivity index (χ4n) is 0.833. The van der Waals surface area contributed by atoms with Crippen molar-refractivity contribution in [3.8, 4) is 5.75 Å². The number of hydroxylamine groups is 1. The lowest BCUT2D eigenvalue weighted by Crippen LogP contribution is -2.33. The lowest BCUT2D eigenvalue weighted by atomic mass is 10.2. The van der Waals surface area contributed by atoms with E-state index in [1.807, 2.05) is 0 Å². The molecule has 1 amide bonds. The first kappa shape index (κ1) is 11.5. The van der Waals surface area contributed by atoms with E-state index in [9.17, 15) is 9.90 Å². The molecule has 0 fully saturated rings. The molecule has 1 aromatic heterocycles. The summed E-state index contributed by atoms with van der Waals surface area (Å²) in [5.41, 5.74) is 1.91. The molecule has 0 aromatic carbocycles. The summed E-state index contributed by atoms with van der Waals surface area (Å²) in [6.07, 6.45) is 2.62. The minimum atomic E-state index is -0.496. The number of hydrogen-bond acceptors (Lipinski definition) is 4. The number of amides is 1. The van der Waals surface area contributed by atoms with Crippen LogP contribution in [0.2, 0.25) is 0 Å². The number of carbonyl (C=O) groups is 1. The molecular formula is C10H14N2O3. The summed E-state index contributed by atoms with van der Waals surface area (Å²) in [4.78, 5) is 20.2. The van der Waals surface area contributed by atoms with Crippen molar-refractivity contribution in [1.29, 1.82) is 0 Å². The number of nitrogens with one attached hydrogen (secondary N) is 1. The van der Waals surface area contributed by atoms with Gasteiger partial charge in [-0.1, -0.05) is 0 Å². The van der Waals surface area contributed by atoms with Crippen molar-refractivity contribution in [1.82, 2.24) is 10.5 Å². The van der Waals surface area contributed by atoms with Gasteiger partial charge in [0, 0.05) is 6.20 Å². The minimum Gasteiger partial charge on any atom is -0.505 e. The molecule has 0 aliphatic heterocycles. The summed E-state index contributed by atoms with van der Waals surface area (Å²) in [6, 6.07) is 1.41. The quantitative estimate of drug-likeness (QED) is 0.720. The summed E-state index contributed by atoms with van der Waals surface area (Å²) in [5, 5.41) is 9.33. The molecule has 0 aliphatic carbocycles. The van der Waals surface area contributed by atoms with Gasteiger partial charge in [0.2, 0.25) is 0 Å². The van der Waals surface area contributed by atoms with Crippen molar-refractivity contribution < 1.29 is 14.7 Å². The van der Waals surface area contributed by atoms with Crippen LogP contribution in [0, 0.1) is 0 Å². The number of rotatable bonds is 2. The first-order valence-corrected chi connectivity index (χ1v) is 4.51. The largest absolute Gasteiger partial charge is 0.505 e. The lowest BCUT2D eigenvalue weighted by Gasteiger charge is -2.18. The van der Waals surface area contributed by atoms with Crippen molar-refractivity contribution >= 4 is 5.91 Å². The van der Waals surface area contributed by atoms with Gasteiger partial charge >= 0.3 is 0 Å². The summed E-state index contributed by atoms with van der Waals surface area (Å²) in [5.74, 6) is -0.669. The molecule has 15 heavy (non-hydrogen) atoms. The molecule has 0 saturated carbocycles. The number of pyridine rings is 1. The molecule has 0 bridgehead atoms. The summed E-state index contributed by atoms with van der Waals surface area (Å²) >= 11 is 0. The Morgan fingerprint density at radius 2 is 2.20 bits per heavy atom. The van der Waals surface area contributed by atoms with E-state index < -0.39 is 11.5 Å². The van der Waals surface area contributed by atoms with Gasteiger partial charge in [-0.15, -0.1) is 0 Å². The van der Waals surface area contributed by atoms with Gasteiger partial charge < -0.3 is 5.11 Å². The first-order valence-electron chi connectivity index (χ1n) is 4.51. The number of carbonyl (C=O) groups excluding carboxylic acids is 1. The van der Waals surface area contributed by atoms with Crippen LogP contribution < -0.4 is 5.48 Å². The van der Waals surface area contributed by atoms with Crippen LogP contribution in [0.4, 0.5) is 0 Å². The summed E-state index contributed by atoms with van der Waals surface area (Å²) < 4.78 is 0. The molecule has 2 N–H and O–H groups in total. The molecule has 0 atom stereocenters. The van der Waals surface area contributed by atoms with Crippen LogP contribution in [0.25, 0.3) is 0 Å². The molecular weight excluding hydrogens is 196 g/mol. The molecule has 5 nitrogen and oxygen atoms in total. The van der Waals surface area contributed by atoms with E-state index in [0.717, 1.165) is 0 Å². The molecule has 5 heteroatoms. The van der Waals surface area contributed by atoms with E-state index in [-0.39, 0.29) is 11.3 Å². The van der Waals surface area contributed by atoms with E-state index in [1.165, 1.54) is 18.5 Å². The first-order chi connectivity index (χ1) is 6.90. The topological polar surface area (TPSA) is 71.5 Å². The van der Waals surface area contributed by atoms with E-state index in [1.54, 1.807) is 20.8 Å². The Bertz CT molecular complexity index is 358. The van der Waals surface area contributed by atoms with Gasteiger partial charge in [-0.25, -0.2) is 5.48 Å². The van der Waals surface area contributed by atoms with Gasteiger partial charge in [-0.2, -0.15) is 0 Å². The van der Waals surface area contributed by atoms with Gasteiger partial charge in [0.25, 0.3) is 5.91 Å². The van der Waals surface area contributed by atoms with Crippen LogP contribution >= 0.6 is 0 Å². The third kappa shape index (κ3) is 3.55. The highest BCUT2D eigenvalue weighted by molar-refractivity contribution is 5.95. The normalized spacial score (nSPS) is 11.1. The number of hydrogen-bond donors (Lipinski definition) is 2. The average molecular weight is 210 g/mol. The van der Waals surface area contributed by atoms with Crippen LogP contribution in [-0.4, -0.2) is 21.6 Å². The predicted octanol–water partition coefficient (Wildman–Crippen LogP) is 1.25. The van der Waals surface area contributed by atoms with Crippen molar-refractivity contribution in [2.24, 2.45) is 0 Å². The zero-order valence-electron chi connectivity index (χ0n) is 8.94. The smallest absolute Gasteiger partial charge is 0.278 e. The third-order valence-electron chi connectivity index (χ3n) is 1.49. The molecule has 0 radical (unpaired) electrons. The Morgan fingerprint density at radius 1 is 1.53 bits per heavy atom. The predicted molar refractivity (Wildman–Crippen MR) is 54.2 cm³/mol.